The maximum absolute atomic E-state index is 12.3. The molecule has 4 nitrogen and oxygen atoms in total. The highest BCUT2D eigenvalue weighted by atomic mass is 16.2. The molecule has 2 aliphatic rings. The number of hydrogen-bond donors (Lipinski definition) is 0. The zero-order valence-corrected chi connectivity index (χ0v) is 12.5. The number of carbonyl (C=O) groups excluding carboxylic acids is 1. The average molecular weight is 285 g/mol. The highest BCUT2D eigenvalue weighted by molar-refractivity contribution is 5.92. The minimum absolute atomic E-state index is 0.0212. The van der Waals surface area contributed by atoms with Gasteiger partial charge in [-0.1, -0.05) is 25.3 Å². The Morgan fingerprint density at radius 3 is 2.62 bits per heavy atom. The van der Waals surface area contributed by atoms with Gasteiger partial charge < -0.3 is 4.90 Å². The zero-order chi connectivity index (χ0) is 14.5. The minimum Gasteiger partial charge on any atom is -0.337 e. The summed E-state index contributed by atoms with van der Waals surface area (Å²) in [6.07, 6.45) is 16.4. The van der Waals surface area contributed by atoms with Crippen molar-refractivity contribution in [2.24, 2.45) is 5.92 Å². The summed E-state index contributed by atoms with van der Waals surface area (Å²) in [5.41, 5.74) is 1.27. The predicted octanol–water partition coefficient (Wildman–Crippen LogP) is 3.31. The molecule has 1 saturated heterocycles. The Balaban J connectivity index is 1.67. The number of aromatic nitrogens is 2. The Labute approximate surface area is 126 Å². The van der Waals surface area contributed by atoms with Crippen LogP contribution in [0.1, 0.15) is 61.1 Å². The molecule has 1 aromatic heterocycles. The van der Waals surface area contributed by atoms with Crippen molar-refractivity contribution >= 4 is 12.0 Å². The van der Waals surface area contributed by atoms with Gasteiger partial charge in [-0.25, -0.2) is 4.98 Å². The molecular weight excluding hydrogens is 262 g/mol. The van der Waals surface area contributed by atoms with E-state index >= 15 is 0 Å². The largest absolute Gasteiger partial charge is 0.337 e. The standard InChI is InChI=1S/C17H23N3O/c21-17(20-10-4-5-11-20)16-13-18-12-15(19-16)9-8-14-6-2-1-3-7-14/h8-9,12-14H,1-7,10-11H2/b9-8+. The lowest BCUT2D eigenvalue weighted by Gasteiger charge is -2.17. The summed E-state index contributed by atoms with van der Waals surface area (Å²) in [6.45, 7) is 1.70. The highest BCUT2D eigenvalue weighted by Gasteiger charge is 2.20. The van der Waals surface area contributed by atoms with Crippen molar-refractivity contribution in [3.63, 3.8) is 0 Å². The number of nitrogens with zero attached hydrogens (tertiary/aromatic N) is 3. The molecule has 0 unspecified atom stereocenters. The Morgan fingerprint density at radius 1 is 1.10 bits per heavy atom. The summed E-state index contributed by atoms with van der Waals surface area (Å²) in [5, 5.41) is 0. The van der Waals surface area contributed by atoms with Gasteiger partial charge in [0.15, 0.2) is 0 Å². The zero-order valence-electron chi connectivity index (χ0n) is 12.5. The molecule has 1 aromatic rings. The Hall–Kier alpha value is -1.71. The molecule has 1 aliphatic carbocycles. The van der Waals surface area contributed by atoms with E-state index in [1.165, 1.54) is 32.1 Å². The lowest BCUT2D eigenvalue weighted by Crippen LogP contribution is -2.28. The molecule has 2 fully saturated rings. The monoisotopic (exact) mass is 285 g/mol. The van der Waals surface area contributed by atoms with Gasteiger partial charge in [-0.05, 0) is 37.7 Å². The van der Waals surface area contributed by atoms with Crippen LogP contribution in [0.3, 0.4) is 0 Å². The lowest BCUT2D eigenvalue weighted by atomic mass is 9.89. The Bertz CT molecular complexity index is 515. The number of likely N-dealkylation sites (tertiary alicyclic amines) is 1. The van der Waals surface area contributed by atoms with Crippen molar-refractivity contribution in [3.05, 3.63) is 29.9 Å². The third-order valence-corrected chi connectivity index (χ3v) is 4.45. The van der Waals surface area contributed by atoms with Gasteiger partial charge in [0.25, 0.3) is 5.91 Å². The van der Waals surface area contributed by atoms with Crippen molar-refractivity contribution in [3.8, 4) is 0 Å². The van der Waals surface area contributed by atoms with Crippen LogP contribution < -0.4 is 0 Å². The van der Waals surface area contributed by atoms with E-state index in [2.05, 4.69) is 16.0 Å². The summed E-state index contributed by atoms with van der Waals surface area (Å²) in [5.74, 6) is 0.686. The number of amides is 1. The normalized spacial score (nSPS) is 20.3. The van der Waals surface area contributed by atoms with Crippen LogP contribution >= 0.6 is 0 Å². The molecule has 2 heterocycles. The number of carbonyl (C=O) groups is 1. The van der Waals surface area contributed by atoms with Gasteiger partial charge in [0.2, 0.25) is 0 Å². The fourth-order valence-electron chi connectivity index (χ4n) is 3.21. The quantitative estimate of drug-likeness (QED) is 0.856. The number of hydrogen-bond acceptors (Lipinski definition) is 3. The van der Waals surface area contributed by atoms with Gasteiger partial charge in [0.1, 0.15) is 5.69 Å². The smallest absolute Gasteiger partial charge is 0.274 e. The van der Waals surface area contributed by atoms with Crippen molar-refractivity contribution in [1.82, 2.24) is 14.9 Å². The van der Waals surface area contributed by atoms with Crippen LogP contribution in [0.25, 0.3) is 6.08 Å². The fourth-order valence-corrected chi connectivity index (χ4v) is 3.21. The topological polar surface area (TPSA) is 46.1 Å². The molecule has 1 aliphatic heterocycles. The molecule has 4 heteroatoms. The first-order chi connectivity index (χ1) is 10.3. The van der Waals surface area contributed by atoms with Crippen LogP contribution in [0, 0.1) is 5.92 Å². The van der Waals surface area contributed by atoms with Crippen LogP contribution in [-0.4, -0.2) is 33.9 Å². The maximum atomic E-state index is 12.3. The first kappa shape index (κ1) is 14.2. The van der Waals surface area contributed by atoms with E-state index in [9.17, 15) is 4.79 Å². The van der Waals surface area contributed by atoms with Crippen LogP contribution in [0.5, 0.6) is 0 Å². The molecule has 0 atom stereocenters. The first-order valence-corrected chi connectivity index (χ1v) is 8.12. The molecule has 112 valence electrons. The second-order valence-electron chi connectivity index (χ2n) is 6.09. The Morgan fingerprint density at radius 2 is 1.86 bits per heavy atom. The first-order valence-electron chi connectivity index (χ1n) is 8.12. The maximum Gasteiger partial charge on any atom is 0.274 e. The molecule has 1 amide bonds. The second-order valence-corrected chi connectivity index (χ2v) is 6.09. The molecule has 0 N–H and O–H groups in total. The summed E-state index contributed by atoms with van der Waals surface area (Å²) >= 11 is 0. The van der Waals surface area contributed by atoms with Crippen LogP contribution in [0.15, 0.2) is 18.5 Å². The van der Waals surface area contributed by atoms with E-state index in [0.29, 0.717) is 11.6 Å². The predicted molar refractivity (Wildman–Crippen MR) is 82.8 cm³/mol. The van der Waals surface area contributed by atoms with Gasteiger partial charge >= 0.3 is 0 Å². The van der Waals surface area contributed by atoms with Gasteiger partial charge in [0, 0.05) is 13.1 Å². The van der Waals surface area contributed by atoms with Crippen molar-refractivity contribution in [2.75, 3.05) is 13.1 Å². The lowest BCUT2D eigenvalue weighted by molar-refractivity contribution is 0.0786. The third-order valence-electron chi connectivity index (χ3n) is 4.45. The van der Waals surface area contributed by atoms with E-state index < -0.39 is 0 Å². The van der Waals surface area contributed by atoms with E-state index in [1.807, 2.05) is 11.0 Å². The van der Waals surface area contributed by atoms with Crippen LogP contribution in [0.4, 0.5) is 0 Å². The second kappa shape index (κ2) is 6.83. The number of allylic oxidation sites excluding steroid dienone is 1. The van der Waals surface area contributed by atoms with E-state index in [-0.39, 0.29) is 5.91 Å². The van der Waals surface area contributed by atoms with Crippen molar-refractivity contribution in [2.45, 2.75) is 44.9 Å². The van der Waals surface area contributed by atoms with Gasteiger partial charge in [-0.3, -0.25) is 9.78 Å². The molecule has 0 aromatic carbocycles. The van der Waals surface area contributed by atoms with Crippen LogP contribution in [-0.2, 0) is 0 Å². The molecule has 3 rings (SSSR count). The Kier molecular flexibility index (Phi) is 4.63. The average Bonchev–Trinajstić information content (AvgIpc) is 3.08. The highest BCUT2D eigenvalue weighted by Crippen LogP contribution is 2.25. The third kappa shape index (κ3) is 3.69. The minimum atomic E-state index is 0.0212. The van der Waals surface area contributed by atoms with E-state index in [1.54, 1.807) is 12.4 Å². The molecule has 0 bridgehead atoms. The SMILES string of the molecule is O=C(c1cncc(/C=C/C2CCCCC2)n1)N1CCCC1. The molecule has 0 radical (unpaired) electrons. The summed E-state index contributed by atoms with van der Waals surface area (Å²) in [4.78, 5) is 22.8. The molecular formula is C17H23N3O. The number of rotatable bonds is 3. The molecule has 21 heavy (non-hydrogen) atoms. The van der Waals surface area contributed by atoms with Gasteiger partial charge in [-0.2, -0.15) is 0 Å². The van der Waals surface area contributed by atoms with Crippen LogP contribution in [0.2, 0.25) is 0 Å². The summed E-state index contributed by atoms with van der Waals surface area (Å²) < 4.78 is 0. The van der Waals surface area contributed by atoms with Gasteiger partial charge in [-0.15, -0.1) is 0 Å². The summed E-state index contributed by atoms with van der Waals surface area (Å²) in [7, 11) is 0. The molecule has 1 saturated carbocycles. The van der Waals surface area contributed by atoms with E-state index in [0.717, 1.165) is 31.6 Å². The van der Waals surface area contributed by atoms with E-state index in [4.69, 9.17) is 0 Å². The van der Waals surface area contributed by atoms with Gasteiger partial charge in [0.05, 0.1) is 18.1 Å². The fraction of sp³-hybridized carbons (Fsp3) is 0.588. The van der Waals surface area contributed by atoms with Crippen molar-refractivity contribution < 1.29 is 4.79 Å². The summed E-state index contributed by atoms with van der Waals surface area (Å²) in [6, 6.07) is 0. The van der Waals surface area contributed by atoms with Crippen molar-refractivity contribution in [1.29, 1.82) is 0 Å². The molecule has 0 spiro atoms.